The van der Waals surface area contributed by atoms with Crippen molar-refractivity contribution in [1.82, 2.24) is 0 Å². The van der Waals surface area contributed by atoms with Gasteiger partial charge in [0.2, 0.25) is 0 Å². The molecule has 3 atom stereocenters. The van der Waals surface area contributed by atoms with Crippen LogP contribution in [-0.2, 0) is 24.4 Å². The molecule has 3 unspecified atom stereocenters. The van der Waals surface area contributed by atoms with Gasteiger partial charge in [-0.1, -0.05) is 0 Å². The van der Waals surface area contributed by atoms with Gasteiger partial charge in [-0.25, -0.2) is 4.79 Å². The third-order valence-corrected chi connectivity index (χ3v) is 11.0. The average molecular weight is 810 g/mol. The molecule has 1 aromatic rings. The predicted molar refractivity (Wildman–Crippen MR) is 133 cm³/mol. The molecule has 4 aliphatic rings. The molecule has 4 bridgehead atoms. The van der Waals surface area contributed by atoms with Gasteiger partial charge < -0.3 is 14.6 Å². The van der Waals surface area contributed by atoms with Gasteiger partial charge >= 0.3 is 21.3 Å². The second kappa shape index (κ2) is 8.60. The molecule has 0 aliphatic heterocycles. The molecule has 1 aromatic carbocycles. The number of rotatable bonds is 6. The maximum Gasteiger partial charge on any atom is 0.465 e. The molecule has 5 rings (SSSR count). The Hall–Kier alpha value is 0.570. The van der Waals surface area contributed by atoms with Crippen LogP contribution in [0.1, 0.15) is 50.4 Å². The quantitative estimate of drug-likeness (QED) is 0.142. The molecule has 7 nitrogen and oxygen atoms in total. The van der Waals surface area contributed by atoms with Crippen molar-refractivity contribution in [3.63, 3.8) is 0 Å². The third kappa shape index (κ3) is 4.68. The van der Waals surface area contributed by atoms with Crippen LogP contribution < -0.4 is 0 Å². The summed E-state index contributed by atoms with van der Waals surface area (Å²) in [6.45, 7) is 0. The fourth-order valence-corrected chi connectivity index (χ4v) is 8.49. The summed E-state index contributed by atoms with van der Waals surface area (Å²) in [5.41, 5.74) is -1.60. The Morgan fingerprint density at radius 3 is 2.25 bits per heavy atom. The third-order valence-electron chi connectivity index (χ3n) is 6.47. The summed E-state index contributed by atoms with van der Waals surface area (Å²) in [4.78, 5) is 12.1. The van der Waals surface area contributed by atoms with Crippen LogP contribution >= 0.6 is 67.8 Å². The fourth-order valence-electron chi connectivity index (χ4n) is 5.77. The standard InChI is InChI=1S/C19H19F2I3O7S/c20-19(21,32(27,28)29)16(26)31-18-6-9-1-10(7-18)5-17(4-9,8-18)30-15(25)12-2-11(22)3-13(23)14(12)24/h2-3,9-10,15,25H,1,4-8H2,(H,27,28,29). The highest BCUT2D eigenvalue weighted by atomic mass is 127. The Labute approximate surface area is 224 Å². The maximum absolute atomic E-state index is 13.9. The van der Waals surface area contributed by atoms with Gasteiger partial charge in [0.05, 0.1) is 5.60 Å². The summed E-state index contributed by atoms with van der Waals surface area (Å²) in [5, 5.41) is 5.89. The van der Waals surface area contributed by atoms with Gasteiger partial charge in [0, 0.05) is 22.7 Å². The highest BCUT2D eigenvalue weighted by molar-refractivity contribution is 14.1. The minimum atomic E-state index is -5.95. The Kier molecular flexibility index (Phi) is 6.90. The van der Waals surface area contributed by atoms with Crippen molar-refractivity contribution in [3.05, 3.63) is 28.4 Å². The molecular weight excluding hydrogens is 791 g/mol. The summed E-state index contributed by atoms with van der Waals surface area (Å²) in [6.07, 6.45) is 1.46. The minimum absolute atomic E-state index is 0.0331. The first-order valence-corrected chi connectivity index (χ1v) is 14.4. The number of alkyl halides is 2. The number of benzene rings is 1. The number of aliphatic hydroxyl groups is 1. The molecular formula is C19H19F2I3O7S. The van der Waals surface area contributed by atoms with E-state index in [1.165, 1.54) is 0 Å². The van der Waals surface area contributed by atoms with E-state index in [2.05, 4.69) is 67.8 Å². The van der Waals surface area contributed by atoms with Crippen LogP contribution in [0, 0.1) is 22.5 Å². The molecule has 4 fully saturated rings. The number of esters is 1. The van der Waals surface area contributed by atoms with Crippen LogP contribution in [0.3, 0.4) is 0 Å². The zero-order valence-corrected chi connectivity index (χ0v) is 23.7. The van der Waals surface area contributed by atoms with E-state index in [0.29, 0.717) is 31.2 Å². The first-order chi connectivity index (χ1) is 14.7. The highest BCUT2D eigenvalue weighted by Gasteiger charge is 2.64. The second-order valence-electron chi connectivity index (χ2n) is 8.97. The normalized spacial score (nSPS) is 32.7. The number of halogens is 5. The molecule has 0 amide bonds. The van der Waals surface area contributed by atoms with Gasteiger partial charge in [-0.05, 0) is 124 Å². The molecule has 4 aliphatic carbocycles. The van der Waals surface area contributed by atoms with E-state index in [-0.39, 0.29) is 18.3 Å². The number of hydrogen-bond donors (Lipinski definition) is 2. The SMILES string of the molecule is O=C(OC12CC3CC(C1)CC(OC(O)c1cc(I)cc(I)c1I)(C3)C2)C(F)(F)S(=O)(=O)O. The Morgan fingerprint density at radius 1 is 1.12 bits per heavy atom. The van der Waals surface area contributed by atoms with Crippen molar-refractivity contribution in [3.8, 4) is 0 Å². The summed E-state index contributed by atoms with van der Waals surface area (Å²) < 4.78 is 72.5. The van der Waals surface area contributed by atoms with Gasteiger partial charge in [-0.2, -0.15) is 17.2 Å². The van der Waals surface area contributed by atoms with Crippen molar-refractivity contribution in [1.29, 1.82) is 0 Å². The van der Waals surface area contributed by atoms with Crippen molar-refractivity contribution >= 4 is 83.9 Å². The van der Waals surface area contributed by atoms with E-state index in [4.69, 9.17) is 14.0 Å². The summed E-state index contributed by atoms with van der Waals surface area (Å²) >= 11 is 6.44. The van der Waals surface area contributed by atoms with Crippen LogP contribution in [0.5, 0.6) is 0 Å². The topological polar surface area (TPSA) is 110 Å². The van der Waals surface area contributed by atoms with E-state index >= 15 is 0 Å². The Balaban J connectivity index is 1.60. The van der Waals surface area contributed by atoms with Gasteiger partial charge in [0.15, 0.2) is 6.29 Å². The molecule has 0 aromatic heterocycles. The van der Waals surface area contributed by atoms with Gasteiger partial charge in [-0.3, -0.25) is 4.55 Å². The van der Waals surface area contributed by atoms with Crippen LogP contribution in [0.4, 0.5) is 8.78 Å². The second-order valence-corrected chi connectivity index (χ2v) is 13.9. The molecule has 2 N–H and O–H groups in total. The fraction of sp³-hybridized carbons (Fsp3) is 0.632. The summed E-state index contributed by atoms with van der Waals surface area (Å²) in [5.74, 6) is -2.21. The van der Waals surface area contributed by atoms with Gasteiger partial charge in [0.1, 0.15) is 5.60 Å². The van der Waals surface area contributed by atoms with Crippen LogP contribution in [0.2, 0.25) is 0 Å². The summed E-state index contributed by atoms with van der Waals surface area (Å²) in [7, 11) is -5.95. The number of carbonyl (C=O) groups is 1. The molecule has 13 heteroatoms. The van der Waals surface area contributed by atoms with Crippen LogP contribution in [-0.4, -0.2) is 40.5 Å². The van der Waals surface area contributed by atoms with E-state index in [9.17, 15) is 27.1 Å². The zero-order valence-electron chi connectivity index (χ0n) is 16.4. The Bertz CT molecular complexity index is 1050. The number of hydrogen-bond acceptors (Lipinski definition) is 6. The highest BCUT2D eigenvalue weighted by Crippen LogP contribution is 2.61. The van der Waals surface area contributed by atoms with Crippen LogP contribution in [0.25, 0.3) is 0 Å². The monoisotopic (exact) mass is 810 g/mol. The largest absolute Gasteiger partial charge is 0.465 e. The summed E-state index contributed by atoms with van der Waals surface area (Å²) in [6, 6.07) is 3.78. The number of aliphatic hydroxyl groups excluding tert-OH is 1. The molecule has 32 heavy (non-hydrogen) atoms. The molecule has 178 valence electrons. The van der Waals surface area contributed by atoms with Crippen molar-refractivity contribution in [2.75, 3.05) is 0 Å². The molecule has 0 radical (unpaired) electrons. The molecule has 4 saturated carbocycles. The zero-order chi connectivity index (χ0) is 23.7. The van der Waals surface area contributed by atoms with E-state index in [0.717, 1.165) is 17.1 Å². The molecule has 0 spiro atoms. The van der Waals surface area contributed by atoms with Crippen molar-refractivity contribution in [2.24, 2.45) is 11.8 Å². The number of carbonyl (C=O) groups excluding carboxylic acids is 1. The Morgan fingerprint density at radius 2 is 1.69 bits per heavy atom. The smallest absolute Gasteiger partial charge is 0.454 e. The lowest BCUT2D eigenvalue weighted by Gasteiger charge is -2.60. The molecule has 0 heterocycles. The van der Waals surface area contributed by atoms with Crippen LogP contribution in [0.15, 0.2) is 12.1 Å². The average Bonchev–Trinajstić information content (AvgIpc) is 2.61. The number of ether oxygens (including phenoxy) is 2. The lowest BCUT2D eigenvalue weighted by atomic mass is 9.52. The first kappa shape index (κ1) is 25.7. The first-order valence-electron chi connectivity index (χ1n) is 9.74. The van der Waals surface area contributed by atoms with Crippen molar-refractivity contribution in [2.45, 2.75) is 61.3 Å². The van der Waals surface area contributed by atoms with Crippen molar-refractivity contribution < 1.29 is 41.1 Å². The lowest BCUT2D eigenvalue weighted by molar-refractivity contribution is -0.279. The van der Waals surface area contributed by atoms with E-state index in [1.807, 2.05) is 12.1 Å². The van der Waals surface area contributed by atoms with E-state index < -0.39 is 38.8 Å². The van der Waals surface area contributed by atoms with E-state index in [1.54, 1.807) is 0 Å². The lowest BCUT2D eigenvalue weighted by Crippen LogP contribution is -2.62. The predicted octanol–water partition coefficient (Wildman–Crippen LogP) is 4.62. The minimum Gasteiger partial charge on any atom is -0.454 e. The van der Waals surface area contributed by atoms with Gasteiger partial charge in [0.25, 0.3) is 0 Å². The molecule has 0 saturated heterocycles. The maximum atomic E-state index is 13.9. The van der Waals surface area contributed by atoms with Gasteiger partial charge in [-0.15, -0.1) is 0 Å².